The van der Waals surface area contributed by atoms with Crippen LogP contribution >= 0.6 is 0 Å². The lowest BCUT2D eigenvalue weighted by molar-refractivity contribution is -0.142. The molecule has 1 heterocycles. The Hall–Kier alpha value is -1.25. The zero-order valence-corrected chi connectivity index (χ0v) is 29.2. The molecule has 0 aromatic rings. The molecule has 0 atom stereocenters. The van der Waals surface area contributed by atoms with Crippen molar-refractivity contribution >= 4 is 45.5 Å². The number of rotatable bonds is 13. The summed E-state index contributed by atoms with van der Waals surface area (Å²) in [6.07, 6.45) is 7.87. The molecule has 0 spiro atoms. The second-order valence-corrected chi connectivity index (χ2v) is 29.8. The third kappa shape index (κ3) is 12.9. The summed E-state index contributed by atoms with van der Waals surface area (Å²) < 4.78 is 24.5. The Morgan fingerprint density at radius 2 is 1.32 bits per heavy atom. The summed E-state index contributed by atoms with van der Waals surface area (Å²) in [6.45, 7) is 28.5. The normalized spacial score (nSPS) is 16.5. The first-order chi connectivity index (χ1) is 16.8. The standard InChI is InChI=1S/C26H51NO6Si4/c1-13-23(17-20-27-18-15-14-16-19-27)24(26(29)31-34(3,4)5)25(28)30-21-22(2)37(12,32-35(6,7)8)33-36(9,10)11/h17,20H,2,13-16,18-19,21H2,1,3-12H3/b20-17+,24-23+. The van der Waals surface area contributed by atoms with Gasteiger partial charge in [0.05, 0.1) is 0 Å². The maximum atomic E-state index is 13.4. The highest BCUT2D eigenvalue weighted by atomic mass is 28.5. The highest BCUT2D eigenvalue weighted by Crippen LogP contribution is 2.27. The van der Waals surface area contributed by atoms with E-state index >= 15 is 0 Å². The molecule has 0 aromatic heterocycles. The molecule has 0 unspecified atom stereocenters. The molecule has 0 aromatic carbocycles. The van der Waals surface area contributed by atoms with Gasteiger partial charge in [0, 0.05) is 18.3 Å². The van der Waals surface area contributed by atoms with Crippen LogP contribution in [0.1, 0.15) is 32.6 Å². The SMILES string of the molecule is C=C(COC(=O)/C(C(=O)O[Si](C)(C)C)=C(\C=C\N1CCCCC1)CC)[Si](C)(O[Si](C)(C)C)O[Si](C)(C)C. The van der Waals surface area contributed by atoms with Crippen molar-refractivity contribution in [1.82, 2.24) is 4.90 Å². The summed E-state index contributed by atoms with van der Waals surface area (Å²) in [7, 11) is -9.02. The summed E-state index contributed by atoms with van der Waals surface area (Å²) in [4.78, 5) is 28.9. The highest BCUT2D eigenvalue weighted by Gasteiger charge is 2.43. The average molecular weight is 586 g/mol. The lowest BCUT2D eigenvalue weighted by atomic mass is 10.1. The Kier molecular flexibility index (Phi) is 12.5. The number of carbonyl (C=O) groups excluding carboxylic acids is 2. The van der Waals surface area contributed by atoms with Crippen LogP contribution in [0.4, 0.5) is 0 Å². The molecule has 1 aliphatic rings. The molecule has 0 saturated carbocycles. The van der Waals surface area contributed by atoms with Gasteiger partial charge in [0.25, 0.3) is 0 Å². The summed E-state index contributed by atoms with van der Waals surface area (Å²) >= 11 is 0. The fraction of sp³-hybridized carbons (Fsp3) is 0.692. The second-order valence-electron chi connectivity index (χ2n) is 12.7. The van der Waals surface area contributed by atoms with E-state index in [1.54, 1.807) is 0 Å². The first-order valence-corrected chi connectivity index (χ1v) is 25.9. The van der Waals surface area contributed by atoms with Gasteiger partial charge in [-0.2, -0.15) is 0 Å². The molecule has 1 rings (SSSR count). The summed E-state index contributed by atoms with van der Waals surface area (Å²) in [6, 6.07) is 0. The Morgan fingerprint density at radius 1 is 0.811 bits per heavy atom. The highest BCUT2D eigenvalue weighted by molar-refractivity contribution is 6.91. The van der Waals surface area contributed by atoms with Gasteiger partial charge in [0.1, 0.15) is 12.2 Å². The number of carbonyl (C=O) groups is 2. The minimum absolute atomic E-state index is 0.0356. The number of nitrogens with zero attached hydrogens (tertiary/aromatic N) is 1. The van der Waals surface area contributed by atoms with Crippen molar-refractivity contribution < 1.29 is 27.0 Å². The third-order valence-electron chi connectivity index (χ3n) is 5.41. The smallest absolute Gasteiger partial charge is 0.347 e. The fourth-order valence-corrected chi connectivity index (χ4v) is 16.0. The number of esters is 1. The summed E-state index contributed by atoms with van der Waals surface area (Å²) in [5.74, 6) is -1.31. The van der Waals surface area contributed by atoms with Crippen molar-refractivity contribution in [1.29, 1.82) is 0 Å². The lowest BCUT2D eigenvalue weighted by Crippen LogP contribution is -2.54. The van der Waals surface area contributed by atoms with Gasteiger partial charge in [-0.25, -0.2) is 9.59 Å². The van der Waals surface area contributed by atoms with Gasteiger partial charge < -0.3 is 22.3 Å². The van der Waals surface area contributed by atoms with E-state index in [1.807, 2.05) is 45.4 Å². The first kappa shape index (κ1) is 33.8. The molecule has 1 fully saturated rings. The van der Waals surface area contributed by atoms with Crippen LogP contribution in [0.3, 0.4) is 0 Å². The molecule has 7 nitrogen and oxygen atoms in total. The van der Waals surface area contributed by atoms with Crippen LogP contribution in [0, 0.1) is 0 Å². The molecule has 212 valence electrons. The van der Waals surface area contributed by atoms with Gasteiger partial charge in [-0.1, -0.05) is 13.5 Å². The first-order valence-electron chi connectivity index (χ1n) is 13.4. The van der Waals surface area contributed by atoms with E-state index in [9.17, 15) is 9.59 Å². The van der Waals surface area contributed by atoms with Crippen LogP contribution < -0.4 is 0 Å². The van der Waals surface area contributed by atoms with E-state index in [0.717, 1.165) is 25.9 Å². The Labute approximate surface area is 229 Å². The predicted molar refractivity (Wildman–Crippen MR) is 162 cm³/mol. The van der Waals surface area contributed by atoms with E-state index < -0.39 is 45.5 Å². The number of allylic oxidation sites excluding steroid dienone is 2. The van der Waals surface area contributed by atoms with Gasteiger partial charge in [0.15, 0.2) is 16.6 Å². The van der Waals surface area contributed by atoms with Gasteiger partial charge in [-0.05, 0) is 109 Å². The number of hydrogen-bond acceptors (Lipinski definition) is 7. The maximum absolute atomic E-state index is 13.4. The molecule has 11 heteroatoms. The Morgan fingerprint density at radius 3 is 1.76 bits per heavy atom. The van der Waals surface area contributed by atoms with Gasteiger partial charge in [-0.3, -0.25) is 0 Å². The monoisotopic (exact) mass is 585 g/mol. The number of piperidine rings is 1. The Bertz CT molecular complexity index is 859. The molecule has 0 amide bonds. The molecule has 0 radical (unpaired) electrons. The van der Waals surface area contributed by atoms with Crippen molar-refractivity contribution in [2.24, 2.45) is 0 Å². The lowest BCUT2D eigenvalue weighted by Gasteiger charge is -2.39. The van der Waals surface area contributed by atoms with Crippen LogP contribution in [0.2, 0.25) is 65.5 Å². The molecule has 1 saturated heterocycles. The molecule has 0 aliphatic carbocycles. The Balaban J connectivity index is 3.25. The average Bonchev–Trinajstić information content (AvgIpc) is 2.71. The molecule has 1 aliphatic heterocycles. The number of hydrogen-bond donors (Lipinski definition) is 0. The minimum Gasteiger partial charge on any atom is -0.516 e. The maximum Gasteiger partial charge on any atom is 0.347 e. The van der Waals surface area contributed by atoms with Crippen LogP contribution in [0.5, 0.6) is 0 Å². The molecule has 37 heavy (non-hydrogen) atoms. The van der Waals surface area contributed by atoms with E-state index in [-0.39, 0.29) is 12.2 Å². The molecule has 0 N–H and O–H groups in total. The van der Waals surface area contributed by atoms with Crippen LogP contribution in [-0.4, -0.2) is 70.0 Å². The molecular weight excluding hydrogens is 535 g/mol. The zero-order valence-electron chi connectivity index (χ0n) is 25.2. The van der Waals surface area contributed by atoms with Crippen molar-refractivity contribution in [2.45, 2.75) is 98.1 Å². The second kappa shape index (κ2) is 13.7. The van der Waals surface area contributed by atoms with Crippen molar-refractivity contribution in [2.75, 3.05) is 19.7 Å². The fourth-order valence-electron chi connectivity index (χ4n) is 4.01. The van der Waals surface area contributed by atoms with E-state index in [0.29, 0.717) is 17.2 Å². The topological polar surface area (TPSA) is 74.3 Å². The predicted octanol–water partition coefficient (Wildman–Crippen LogP) is 6.48. The van der Waals surface area contributed by atoms with Crippen LogP contribution in [-0.2, 0) is 27.0 Å². The van der Waals surface area contributed by atoms with E-state index in [2.05, 4.69) is 50.8 Å². The summed E-state index contributed by atoms with van der Waals surface area (Å²) in [5.41, 5.74) is 0.577. The summed E-state index contributed by atoms with van der Waals surface area (Å²) in [5, 5.41) is 0.644. The van der Waals surface area contributed by atoms with Gasteiger partial charge in [-0.15, -0.1) is 0 Å². The van der Waals surface area contributed by atoms with Gasteiger partial charge >= 0.3 is 20.5 Å². The van der Waals surface area contributed by atoms with Gasteiger partial charge in [0.2, 0.25) is 8.32 Å². The van der Waals surface area contributed by atoms with Crippen molar-refractivity contribution in [3.8, 4) is 0 Å². The van der Waals surface area contributed by atoms with E-state index in [1.165, 1.54) is 6.42 Å². The zero-order chi connectivity index (χ0) is 28.7. The van der Waals surface area contributed by atoms with Crippen molar-refractivity contribution in [3.05, 3.63) is 35.2 Å². The minimum atomic E-state index is -2.86. The molecule has 0 bridgehead atoms. The largest absolute Gasteiger partial charge is 0.516 e. The van der Waals surface area contributed by atoms with Crippen LogP contribution in [0.15, 0.2) is 35.2 Å². The number of ether oxygens (including phenoxy) is 1. The molecular formula is C26H51NO6Si4. The third-order valence-corrected chi connectivity index (χ3v) is 15.6. The quantitative estimate of drug-likeness (QED) is 0.0611. The van der Waals surface area contributed by atoms with Crippen LogP contribution in [0.25, 0.3) is 0 Å². The number of likely N-dealkylation sites (tertiary alicyclic amines) is 1. The van der Waals surface area contributed by atoms with E-state index in [4.69, 9.17) is 17.4 Å². The van der Waals surface area contributed by atoms with Crippen molar-refractivity contribution in [3.63, 3.8) is 0 Å².